The minimum absolute atomic E-state index is 0.0211. The molecule has 110 valence electrons. The van der Waals surface area contributed by atoms with Gasteiger partial charge in [0, 0.05) is 42.9 Å². The summed E-state index contributed by atoms with van der Waals surface area (Å²) in [6, 6.07) is 3.90. The zero-order chi connectivity index (χ0) is 14.5. The number of pyridine rings is 1. The number of carbonyl (C=O) groups excluding carboxylic acids is 1. The lowest BCUT2D eigenvalue weighted by molar-refractivity contribution is -0.124. The van der Waals surface area contributed by atoms with Crippen molar-refractivity contribution in [3.8, 4) is 10.6 Å². The van der Waals surface area contributed by atoms with Gasteiger partial charge in [0.25, 0.3) is 0 Å². The van der Waals surface area contributed by atoms with Gasteiger partial charge in [-0.05, 0) is 18.6 Å². The Morgan fingerprint density at radius 3 is 3.05 bits per heavy atom. The molecule has 6 heteroatoms. The monoisotopic (exact) mass is 303 g/mol. The standard InChI is InChI=1S/C15H17N3O2S/c19-14(12-4-8-20-9-12)17-7-3-13-10-21-15(18-13)11-1-5-16-6-2-11/h1-2,5-6,10,12H,3-4,7-9H2,(H,17,19)/t12-/m0/s1. The van der Waals surface area contributed by atoms with Crippen LogP contribution in [0.4, 0.5) is 0 Å². The topological polar surface area (TPSA) is 64.1 Å². The van der Waals surface area contributed by atoms with Crippen LogP contribution < -0.4 is 5.32 Å². The lowest BCUT2D eigenvalue weighted by atomic mass is 10.1. The van der Waals surface area contributed by atoms with Crippen molar-refractivity contribution in [2.45, 2.75) is 12.8 Å². The number of thiazole rings is 1. The molecule has 3 heterocycles. The molecule has 2 aromatic rings. The van der Waals surface area contributed by atoms with E-state index in [4.69, 9.17) is 4.74 Å². The molecule has 0 radical (unpaired) electrons. The van der Waals surface area contributed by atoms with Crippen LogP contribution in [0.5, 0.6) is 0 Å². The van der Waals surface area contributed by atoms with Gasteiger partial charge < -0.3 is 10.1 Å². The summed E-state index contributed by atoms with van der Waals surface area (Å²) >= 11 is 1.62. The number of nitrogens with zero attached hydrogens (tertiary/aromatic N) is 2. The molecule has 0 aromatic carbocycles. The Labute approximate surface area is 127 Å². The summed E-state index contributed by atoms with van der Waals surface area (Å²) in [5.74, 6) is 0.116. The van der Waals surface area contributed by atoms with Gasteiger partial charge in [-0.25, -0.2) is 4.98 Å². The summed E-state index contributed by atoms with van der Waals surface area (Å²) in [7, 11) is 0. The molecule has 0 bridgehead atoms. The molecule has 1 aliphatic heterocycles. The van der Waals surface area contributed by atoms with Crippen molar-refractivity contribution in [2.24, 2.45) is 5.92 Å². The maximum atomic E-state index is 11.8. The van der Waals surface area contributed by atoms with E-state index in [9.17, 15) is 4.79 Å². The number of carbonyl (C=O) groups is 1. The maximum Gasteiger partial charge on any atom is 0.225 e. The molecular weight excluding hydrogens is 286 g/mol. The molecule has 0 spiro atoms. The summed E-state index contributed by atoms with van der Waals surface area (Å²) in [4.78, 5) is 20.4. The largest absolute Gasteiger partial charge is 0.381 e. The van der Waals surface area contributed by atoms with Crippen molar-refractivity contribution in [2.75, 3.05) is 19.8 Å². The molecule has 1 atom stereocenters. The molecule has 1 fully saturated rings. The molecule has 1 saturated heterocycles. The number of aromatic nitrogens is 2. The van der Waals surface area contributed by atoms with E-state index in [1.807, 2.05) is 17.5 Å². The highest BCUT2D eigenvalue weighted by molar-refractivity contribution is 7.13. The van der Waals surface area contributed by atoms with Crippen LogP contribution in [0.25, 0.3) is 10.6 Å². The maximum absolute atomic E-state index is 11.8. The van der Waals surface area contributed by atoms with Crippen LogP contribution in [-0.2, 0) is 16.0 Å². The van der Waals surface area contributed by atoms with Gasteiger partial charge in [0.15, 0.2) is 0 Å². The van der Waals surface area contributed by atoms with Crippen LogP contribution in [0.15, 0.2) is 29.9 Å². The predicted molar refractivity (Wildman–Crippen MR) is 81.0 cm³/mol. The number of hydrogen-bond acceptors (Lipinski definition) is 5. The fourth-order valence-electron chi connectivity index (χ4n) is 2.25. The predicted octanol–water partition coefficient (Wildman–Crippen LogP) is 1.90. The number of nitrogens with one attached hydrogen (secondary N) is 1. The van der Waals surface area contributed by atoms with Crippen LogP contribution in [0.1, 0.15) is 12.1 Å². The third kappa shape index (κ3) is 3.65. The van der Waals surface area contributed by atoms with Crippen LogP contribution in [0, 0.1) is 5.92 Å². The number of amides is 1. The van der Waals surface area contributed by atoms with Crippen molar-refractivity contribution in [3.63, 3.8) is 0 Å². The third-order valence-electron chi connectivity index (χ3n) is 3.46. The third-order valence-corrected chi connectivity index (χ3v) is 4.40. The highest BCUT2D eigenvalue weighted by Crippen LogP contribution is 2.22. The zero-order valence-electron chi connectivity index (χ0n) is 11.6. The molecular formula is C15H17N3O2S. The fraction of sp³-hybridized carbons (Fsp3) is 0.400. The lowest BCUT2D eigenvalue weighted by Gasteiger charge is -2.08. The first-order valence-electron chi connectivity index (χ1n) is 7.03. The van der Waals surface area contributed by atoms with Crippen molar-refractivity contribution in [1.29, 1.82) is 0 Å². The summed E-state index contributed by atoms with van der Waals surface area (Å²) < 4.78 is 5.22. The van der Waals surface area contributed by atoms with Gasteiger partial charge in [-0.15, -0.1) is 11.3 Å². The summed E-state index contributed by atoms with van der Waals surface area (Å²) in [6.07, 6.45) is 5.11. The Bertz CT molecular complexity index is 594. The summed E-state index contributed by atoms with van der Waals surface area (Å²) in [5, 5.41) is 5.99. The van der Waals surface area contributed by atoms with E-state index in [1.54, 1.807) is 23.7 Å². The first kappa shape index (κ1) is 14.2. The SMILES string of the molecule is O=C(NCCc1csc(-c2ccncc2)n1)[C@H]1CCOC1. The molecule has 21 heavy (non-hydrogen) atoms. The molecule has 3 rings (SSSR count). The molecule has 0 aliphatic carbocycles. The Balaban J connectivity index is 1.50. The summed E-state index contributed by atoms with van der Waals surface area (Å²) in [6.45, 7) is 1.86. The van der Waals surface area contributed by atoms with Gasteiger partial charge in [-0.1, -0.05) is 0 Å². The summed E-state index contributed by atoms with van der Waals surface area (Å²) in [5.41, 5.74) is 2.09. The highest BCUT2D eigenvalue weighted by Gasteiger charge is 2.22. The van der Waals surface area contributed by atoms with Gasteiger partial charge in [-0.2, -0.15) is 0 Å². The Morgan fingerprint density at radius 1 is 1.43 bits per heavy atom. The van der Waals surface area contributed by atoms with E-state index in [0.717, 1.165) is 29.1 Å². The van der Waals surface area contributed by atoms with E-state index in [2.05, 4.69) is 15.3 Å². The quantitative estimate of drug-likeness (QED) is 0.916. The van der Waals surface area contributed by atoms with Crippen LogP contribution in [0.3, 0.4) is 0 Å². The van der Waals surface area contributed by atoms with Crippen LogP contribution >= 0.6 is 11.3 Å². The van der Waals surface area contributed by atoms with Crippen LogP contribution in [0.2, 0.25) is 0 Å². The molecule has 1 aliphatic rings. The first-order valence-corrected chi connectivity index (χ1v) is 7.91. The van der Waals surface area contributed by atoms with E-state index in [-0.39, 0.29) is 11.8 Å². The number of hydrogen-bond donors (Lipinski definition) is 1. The van der Waals surface area contributed by atoms with E-state index in [1.165, 1.54) is 0 Å². The van der Waals surface area contributed by atoms with Crippen molar-refractivity contribution >= 4 is 17.2 Å². The Morgan fingerprint density at radius 2 is 2.29 bits per heavy atom. The second-order valence-electron chi connectivity index (χ2n) is 4.98. The zero-order valence-corrected chi connectivity index (χ0v) is 12.4. The van der Waals surface area contributed by atoms with E-state index >= 15 is 0 Å². The molecule has 1 amide bonds. The average molecular weight is 303 g/mol. The van der Waals surface area contributed by atoms with Crippen molar-refractivity contribution < 1.29 is 9.53 Å². The van der Waals surface area contributed by atoms with Gasteiger partial charge in [0.2, 0.25) is 5.91 Å². The highest BCUT2D eigenvalue weighted by atomic mass is 32.1. The lowest BCUT2D eigenvalue weighted by Crippen LogP contribution is -2.32. The van der Waals surface area contributed by atoms with Gasteiger partial charge >= 0.3 is 0 Å². The normalized spacial score (nSPS) is 17.8. The van der Waals surface area contributed by atoms with Gasteiger partial charge in [-0.3, -0.25) is 9.78 Å². The van der Waals surface area contributed by atoms with E-state index < -0.39 is 0 Å². The smallest absolute Gasteiger partial charge is 0.225 e. The molecule has 0 unspecified atom stereocenters. The minimum Gasteiger partial charge on any atom is -0.381 e. The molecule has 0 saturated carbocycles. The number of rotatable bonds is 5. The number of ether oxygens (including phenoxy) is 1. The van der Waals surface area contributed by atoms with E-state index in [0.29, 0.717) is 19.8 Å². The Hall–Kier alpha value is -1.79. The first-order chi connectivity index (χ1) is 10.3. The Kier molecular flexibility index (Phi) is 4.57. The minimum atomic E-state index is 0.0211. The second-order valence-corrected chi connectivity index (χ2v) is 5.84. The second kappa shape index (κ2) is 6.78. The average Bonchev–Trinajstić information content (AvgIpc) is 3.20. The van der Waals surface area contributed by atoms with Gasteiger partial charge in [0.05, 0.1) is 18.2 Å². The van der Waals surface area contributed by atoms with Crippen molar-refractivity contribution in [1.82, 2.24) is 15.3 Å². The molecule has 5 nitrogen and oxygen atoms in total. The van der Waals surface area contributed by atoms with Crippen molar-refractivity contribution in [3.05, 3.63) is 35.6 Å². The molecule has 2 aromatic heterocycles. The van der Waals surface area contributed by atoms with Gasteiger partial charge in [0.1, 0.15) is 5.01 Å². The molecule has 1 N–H and O–H groups in total. The fourth-order valence-corrected chi connectivity index (χ4v) is 3.11. The van der Waals surface area contributed by atoms with Crippen LogP contribution in [-0.4, -0.2) is 35.6 Å².